The number of carbonyl (C=O) groups excluding carboxylic acids is 1. The number of nitrogens with zero attached hydrogens (tertiary/aromatic N) is 2. The molecule has 1 aromatic rings. The number of carbonyl (C=O) groups is 1. The van der Waals surface area contributed by atoms with Crippen molar-refractivity contribution < 1.29 is 9.53 Å². The fraction of sp³-hybridized carbons (Fsp3) is 0.636. The number of aryl methyl sites for hydroxylation is 1. The van der Waals surface area contributed by atoms with Gasteiger partial charge in [0, 0.05) is 18.5 Å². The Bertz CT molecular complexity index is 388. The minimum Gasteiger partial charge on any atom is -0.378 e. The van der Waals surface area contributed by atoms with Gasteiger partial charge in [0.1, 0.15) is 6.04 Å². The Balaban J connectivity index is 1.93. The van der Waals surface area contributed by atoms with Crippen LogP contribution in [0.4, 0.5) is 0 Å². The Kier molecular flexibility index (Phi) is 4.09. The zero-order valence-electron chi connectivity index (χ0n) is 10.1. The van der Waals surface area contributed by atoms with Crippen molar-refractivity contribution in [2.45, 2.75) is 19.5 Å². The average Bonchev–Trinajstić information content (AvgIpc) is 2.75. The lowest BCUT2D eigenvalue weighted by Crippen LogP contribution is -2.51. The number of ether oxygens (including phenoxy) is 1. The molecule has 1 aliphatic heterocycles. The molecular formula is C11H17N3O2S. The summed E-state index contributed by atoms with van der Waals surface area (Å²) in [6.07, 6.45) is 0. The van der Waals surface area contributed by atoms with Crippen molar-refractivity contribution >= 4 is 17.2 Å². The third-order valence-corrected chi connectivity index (χ3v) is 3.74. The second-order valence-corrected chi connectivity index (χ2v) is 5.08. The van der Waals surface area contributed by atoms with Crippen molar-refractivity contribution in [3.8, 4) is 0 Å². The van der Waals surface area contributed by atoms with Gasteiger partial charge in [0.05, 0.1) is 31.0 Å². The summed E-state index contributed by atoms with van der Waals surface area (Å²) in [5, 5.41) is 3.17. The fourth-order valence-electron chi connectivity index (χ4n) is 1.76. The van der Waals surface area contributed by atoms with Crippen molar-refractivity contribution in [2.24, 2.45) is 0 Å². The Labute approximate surface area is 105 Å². The largest absolute Gasteiger partial charge is 0.378 e. The van der Waals surface area contributed by atoms with Crippen molar-refractivity contribution in [1.82, 2.24) is 15.2 Å². The van der Waals surface area contributed by atoms with E-state index in [1.54, 1.807) is 16.2 Å². The second-order valence-electron chi connectivity index (χ2n) is 4.14. The van der Waals surface area contributed by atoms with Gasteiger partial charge in [0.15, 0.2) is 0 Å². The maximum atomic E-state index is 12.1. The minimum absolute atomic E-state index is 0.0810. The molecule has 1 aromatic heterocycles. The quantitative estimate of drug-likeness (QED) is 0.849. The maximum absolute atomic E-state index is 12.1. The van der Waals surface area contributed by atoms with Crippen LogP contribution >= 0.6 is 11.3 Å². The number of aromatic nitrogens is 1. The first kappa shape index (κ1) is 12.5. The van der Waals surface area contributed by atoms with E-state index < -0.39 is 0 Å². The number of morpholine rings is 1. The van der Waals surface area contributed by atoms with Gasteiger partial charge in [-0.3, -0.25) is 4.79 Å². The lowest BCUT2D eigenvalue weighted by atomic mass is 10.2. The molecular weight excluding hydrogens is 238 g/mol. The Morgan fingerprint density at radius 3 is 3.18 bits per heavy atom. The first-order chi connectivity index (χ1) is 8.18. The molecule has 1 fully saturated rings. The number of likely N-dealkylation sites (N-methyl/N-ethyl adjacent to an activating group) is 1. The standard InChI is InChI=1S/C11H17N3O2S/c1-8-10(17-7-13-8)5-14(2)11(15)9-6-16-4-3-12-9/h7,9,12H,3-6H2,1-2H3/t9-/m0/s1. The fourth-order valence-corrected chi connectivity index (χ4v) is 2.59. The molecule has 0 spiro atoms. The summed E-state index contributed by atoms with van der Waals surface area (Å²) in [7, 11) is 1.82. The highest BCUT2D eigenvalue weighted by Gasteiger charge is 2.24. The van der Waals surface area contributed by atoms with Crippen LogP contribution in [0.5, 0.6) is 0 Å². The summed E-state index contributed by atoms with van der Waals surface area (Å²) in [4.78, 5) is 19.2. The maximum Gasteiger partial charge on any atom is 0.242 e. The molecule has 0 saturated carbocycles. The van der Waals surface area contributed by atoms with E-state index in [9.17, 15) is 4.79 Å². The Morgan fingerprint density at radius 2 is 2.59 bits per heavy atom. The van der Waals surface area contributed by atoms with Crippen LogP contribution in [-0.2, 0) is 16.1 Å². The zero-order chi connectivity index (χ0) is 12.3. The normalized spacial score (nSPS) is 20.2. The number of hydrogen-bond donors (Lipinski definition) is 1. The van der Waals surface area contributed by atoms with Crippen LogP contribution in [0.25, 0.3) is 0 Å². The van der Waals surface area contributed by atoms with Gasteiger partial charge in [-0.05, 0) is 6.92 Å². The van der Waals surface area contributed by atoms with Crippen LogP contribution in [0.3, 0.4) is 0 Å². The monoisotopic (exact) mass is 255 g/mol. The Hall–Kier alpha value is -0.980. The van der Waals surface area contributed by atoms with Gasteiger partial charge in [-0.2, -0.15) is 0 Å². The minimum atomic E-state index is -0.207. The van der Waals surface area contributed by atoms with Crippen LogP contribution in [0, 0.1) is 6.92 Å². The topological polar surface area (TPSA) is 54.5 Å². The summed E-state index contributed by atoms with van der Waals surface area (Å²) in [6.45, 7) is 4.47. The molecule has 1 amide bonds. The summed E-state index contributed by atoms with van der Waals surface area (Å²) >= 11 is 1.59. The van der Waals surface area contributed by atoms with Gasteiger partial charge in [-0.15, -0.1) is 11.3 Å². The summed E-state index contributed by atoms with van der Waals surface area (Å²) in [5.41, 5.74) is 2.81. The van der Waals surface area contributed by atoms with Crippen LogP contribution in [0.1, 0.15) is 10.6 Å². The molecule has 2 heterocycles. The van der Waals surface area contributed by atoms with E-state index in [1.165, 1.54) is 0 Å². The van der Waals surface area contributed by atoms with Crippen molar-refractivity contribution in [3.05, 3.63) is 16.1 Å². The molecule has 5 nitrogen and oxygen atoms in total. The lowest BCUT2D eigenvalue weighted by molar-refractivity contribution is -0.135. The van der Waals surface area contributed by atoms with E-state index in [0.717, 1.165) is 17.1 Å². The molecule has 0 aliphatic carbocycles. The summed E-state index contributed by atoms with van der Waals surface area (Å²) in [5.74, 6) is 0.0810. The molecule has 0 radical (unpaired) electrons. The molecule has 94 valence electrons. The van der Waals surface area contributed by atoms with Gasteiger partial charge in [-0.1, -0.05) is 0 Å². The molecule has 1 aliphatic rings. The van der Waals surface area contributed by atoms with E-state index >= 15 is 0 Å². The van der Waals surface area contributed by atoms with E-state index in [4.69, 9.17) is 4.74 Å². The molecule has 1 atom stereocenters. The van der Waals surface area contributed by atoms with Gasteiger partial charge < -0.3 is 15.0 Å². The van der Waals surface area contributed by atoms with Crippen molar-refractivity contribution in [3.63, 3.8) is 0 Å². The van der Waals surface area contributed by atoms with Gasteiger partial charge in [0.25, 0.3) is 0 Å². The SMILES string of the molecule is Cc1ncsc1CN(C)C(=O)[C@@H]1COCCN1. The van der Waals surface area contributed by atoms with Crippen molar-refractivity contribution in [2.75, 3.05) is 26.8 Å². The third kappa shape index (κ3) is 3.02. The summed E-state index contributed by atoms with van der Waals surface area (Å²) < 4.78 is 5.29. The van der Waals surface area contributed by atoms with Gasteiger partial charge in [0.2, 0.25) is 5.91 Å². The van der Waals surface area contributed by atoms with E-state index in [-0.39, 0.29) is 11.9 Å². The predicted octanol–water partition coefficient (Wildman–Crippen LogP) is 0.398. The van der Waals surface area contributed by atoms with Gasteiger partial charge in [-0.25, -0.2) is 4.98 Å². The third-order valence-electron chi connectivity index (χ3n) is 2.82. The van der Waals surface area contributed by atoms with Gasteiger partial charge >= 0.3 is 0 Å². The highest BCUT2D eigenvalue weighted by molar-refractivity contribution is 7.09. The van der Waals surface area contributed by atoms with E-state index in [0.29, 0.717) is 19.8 Å². The van der Waals surface area contributed by atoms with Crippen molar-refractivity contribution in [1.29, 1.82) is 0 Å². The number of hydrogen-bond acceptors (Lipinski definition) is 5. The Morgan fingerprint density at radius 1 is 1.76 bits per heavy atom. The highest BCUT2D eigenvalue weighted by atomic mass is 32.1. The predicted molar refractivity (Wildman–Crippen MR) is 65.9 cm³/mol. The zero-order valence-corrected chi connectivity index (χ0v) is 10.9. The van der Waals surface area contributed by atoms with Crippen LogP contribution in [0.15, 0.2) is 5.51 Å². The molecule has 0 aromatic carbocycles. The lowest BCUT2D eigenvalue weighted by Gasteiger charge is -2.27. The molecule has 6 heteroatoms. The number of rotatable bonds is 3. The molecule has 17 heavy (non-hydrogen) atoms. The highest BCUT2D eigenvalue weighted by Crippen LogP contribution is 2.14. The summed E-state index contributed by atoms with van der Waals surface area (Å²) in [6, 6.07) is -0.207. The average molecular weight is 255 g/mol. The number of thiazole rings is 1. The number of nitrogens with one attached hydrogen (secondary N) is 1. The molecule has 0 bridgehead atoms. The second kappa shape index (κ2) is 5.57. The van der Waals surface area contributed by atoms with Crippen LogP contribution < -0.4 is 5.32 Å². The molecule has 0 unspecified atom stereocenters. The van der Waals surface area contributed by atoms with Crippen LogP contribution in [0.2, 0.25) is 0 Å². The van der Waals surface area contributed by atoms with Crippen LogP contribution in [-0.4, -0.2) is 48.6 Å². The molecule has 1 saturated heterocycles. The molecule has 2 rings (SSSR count). The first-order valence-corrected chi connectivity index (χ1v) is 6.51. The van der Waals surface area contributed by atoms with E-state index in [2.05, 4.69) is 10.3 Å². The molecule has 1 N–H and O–H groups in total. The number of amides is 1. The smallest absolute Gasteiger partial charge is 0.242 e. The first-order valence-electron chi connectivity index (χ1n) is 5.63. The van der Waals surface area contributed by atoms with E-state index in [1.807, 2.05) is 19.5 Å².